The molecule has 1 saturated heterocycles. The molecule has 0 aromatic rings. The summed E-state index contributed by atoms with van der Waals surface area (Å²) in [6.07, 6.45) is 8.96. The highest BCUT2D eigenvalue weighted by Gasteiger charge is 2.21. The van der Waals surface area contributed by atoms with Crippen LogP contribution in [0.3, 0.4) is 0 Å². The summed E-state index contributed by atoms with van der Waals surface area (Å²) < 4.78 is 0. The maximum Gasteiger partial charge on any atom is 0.221 e. The molecular weight excluding hydrogens is 302 g/mol. The number of amides is 1. The second kappa shape index (κ2) is 10.4. The second-order valence-electron chi connectivity index (χ2n) is 8.01. The molecule has 0 radical (unpaired) electrons. The average molecular weight is 340 g/mol. The van der Waals surface area contributed by atoms with Gasteiger partial charge in [-0.3, -0.25) is 4.79 Å². The van der Waals surface area contributed by atoms with Crippen LogP contribution < -0.4 is 5.32 Å². The van der Waals surface area contributed by atoms with E-state index in [9.17, 15) is 9.90 Å². The molecule has 2 fully saturated rings. The molecule has 140 valence electrons. The fraction of sp³-hybridized carbons (Fsp3) is 0.947. The third-order valence-corrected chi connectivity index (χ3v) is 5.49. The van der Waals surface area contributed by atoms with Crippen molar-refractivity contribution in [3.05, 3.63) is 0 Å². The summed E-state index contributed by atoms with van der Waals surface area (Å²) in [5.41, 5.74) is 0. The standard InChI is InChI=1S/C19H37N3O2/c1-16(23)14-22-12-8-17(9-13-22)15-21(2)11-10-19(24)20-18-6-4-3-5-7-18/h16-18,23H,3-15H2,1-2H3,(H,20,24)/t16-/m1/s1. The minimum Gasteiger partial charge on any atom is -0.392 e. The summed E-state index contributed by atoms with van der Waals surface area (Å²) in [4.78, 5) is 16.8. The van der Waals surface area contributed by atoms with Crippen LogP contribution in [0.5, 0.6) is 0 Å². The Balaban J connectivity index is 1.56. The Hall–Kier alpha value is -0.650. The topological polar surface area (TPSA) is 55.8 Å². The van der Waals surface area contributed by atoms with Gasteiger partial charge >= 0.3 is 0 Å². The Labute approximate surface area is 147 Å². The number of nitrogens with zero attached hydrogens (tertiary/aromatic N) is 2. The van der Waals surface area contributed by atoms with Crippen LogP contribution in [0.25, 0.3) is 0 Å². The van der Waals surface area contributed by atoms with Crippen LogP contribution in [-0.2, 0) is 4.79 Å². The second-order valence-corrected chi connectivity index (χ2v) is 8.01. The van der Waals surface area contributed by atoms with E-state index in [4.69, 9.17) is 0 Å². The molecule has 2 N–H and O–H groups in total. The molecule has 0 bridgehead atoms. The summed E-state index contributed by atoms with van der Waals surface area (Å²) in [5.74, 6) is 0.946. The molecule has 1 atom stereocenters. The molecule has 5 heteroatoms. The predicted molar refractivity (Wildman–Crippen MR) is 98.0 cm³/mol. The molecule has 5 nitrogen and oxygen atoms in total. The quantitative estimate of drug-likeness (QED) is 0.709. The van der Waals surface area contributed by atoms with Gasteiger partial charge in [0.25, 0.3) is 0 Å². The van der Waals surface area contributed by atoms with Gasteiger partial charge in [-0.2, -0.15) is 0 Å². The van der Waals surface area contributed by atoms with E-state index in [0.29, 0.717) is 12.5 Å². The molecule has 1 amide bonds. The Morgan fingerprint density at radius 2 is 1.88 bits per heavy atom. The van der Waals surface area contributed by atoms with Crippen molar-refractivity contribution >= 4 is 5.91 Å². The Kier molecular flexibility index (Phi) is 8.50. The van der Waals surface area contributed by atoms with Crippen molar-refractivity contribution in [3.8, 4) is 0 Å². The first-order valence-corrected chi connectivity index (χ1v) is 9.91. The van der Waals surface area contributed by atoms with Gasteiger partial charge in [-0.25, -0.2) is 0 Å². The Morgan fingerprint density at radius 1 is 1.21 bits per heavy atom. The van der Waals surface area contributed by atoms with Crippen LogP contribution in [-0.4, -0.2) is 72.7 Å². The minimum absolute atomic E-state index is 0.223. The largest absolute Gasteiger partial charge is 0.392 e. The molecule has 1 heterocycles. The van der Waals surface area contributed by atoms with E-state index in [1.807, 2.05) is 6.92 Å². The number of likely N-dealkylation sites (tertiary alicyclic amines) is 1. The summed E-state index contributed by atoms with van der Waals surface area (Å²) in [7, 11) is 2.13. The van der Waals surface area contributed by atoms with Crippen molar-refractivity contribution in [2.24, 2.45) is 5.92 Å². The highest BCUT2D eigenvalue weighted by Crippen LogP contribution is 2.19. The third-order valence-electron chi connectivity index (χ3n) is 5.49. The number of hydrogen-bond acceptors (Lipinski definition) is 4. The number of carbonyl (C=O) groups is 1. The van der Waals surface area contributed by atoms with Crippen LogP contribution >= 0.6 is 0 Å². The molecule has 1 saturated carbocycles. The number of aliphatic hydroxyl groups is 1. The number of hydrogen-bond donors (Lipinski definition) is 2. The first-order chi connectivity index (χ1) is 11.5. The van der Waals surface area contributed by atoms with Gasteiger partial charge in [0, 0.05) is 32.1 Å². The number of β-amino-alcohol motifs (C(OH)–C–C–N with tert-alkyl or cyclic N) is 1. The van der Waals surface area contributed by atoms with Crippen LogP contribution in [0, 0.1) is 5.92 Å². The van der Waals surface area contributed by atoms with E-state index in [2.05, 4.69) is 22.2 Å². The maximum atomic E-state index is 12.1. The fourth-order valence-electron chi connectivity index (χ4n) is 4.10. The summed E-state index contributed by atoms with van der Waals surface area (Å²) in [5, 5.41) is 12.7. The van der Waals surface area contributed by atoms with E-state index in [-0.39, 0.29) is 12.0 Å². The van der Waals surface area contributed by atoms with Gasteiger partial charge in [-0.15, -0.1) is 0 Å². The van der Waals surface area contributed by atoms with Crippen LogP contribution in [0.15, 0.2) is 0 Å². The van der Waals surface area contributed by atoms with Crippen LogP contribution in [0.1, 0.15) is 58.3 Å². The molecule has 2 aliphatic rings. The van der Waals surface area contributed by atoms with Crippen molar-refractivity contribution in [2.45, 2.75) is 70.4 Å². The summed E-state index contributed by atoms with van der Waals surface area (Å²) >= 11 is 0. The van der Waals surface area contributed by atoms with Gasteiger partial charge in [0.2, 0.25) is 5.91 Å². The number of rotatable bonds is 8. The zero-order chi connectivity index (χ0) is 17.4. The maximum absolute atomic E-state index is 12.1. The lowest BCUT2D eigenvalue weighted by Crippen LogP contribution is -2.41. The van der Waals surface area contributed by atoms with Gasteiger partial charge < -0.3 is 20.2 Å². The lowest BCUT2D eigenvalue weighted by Gasteiger charge is -2.34. The number of piperidine rings is 1. The van der Waals surface area contributed by atoms with Crippen molar-refractivity contribution < 1.29 is 9.90 Å². The zero-order valence-corrected chi connectivity index (χ0v) is 15.7. The predicted octanol–water partition coefficient (Wildman–Crippen LogP) is 1.85. The van der Waals surface area contributed by atoms with Crippen molar-refractivity contribution in [1.29, 1.82) is 0 Å². The molecule has 0 aromatic heterocycles. The van der Waals surface area contributed by atoms with Crippen LogP contribution in [0.2, 0.25) is 0 Å². The lowest BCUT2D eigenvalue weighted by molar-refractivity contribution is -0.122. The van der Waals surface area contributed by atoms with Gasteiger partial charge in [0.1, 0.15) is 0 Å². The van der Waals surface area contributed by atoms with Gasteiger partial charge in [-0.05, 0) is 58.7 Å². The van der Waals surface area contributed by atoms with Gasteiger partial charge in [-0.1, -0.05) is 19.3 Å². The highest BCUT2D eigenvalue weighted by molar-refractivity contribution is 5.76. The first-order valence-electron chi connectivity index (χ1n) is 9.91. The van der Waals surface area contributed by atoms with E-state index in [1.165, 1.54) is 32.1 Å². The van der Waals surface area contributed by atoms with E-state index in [1.54, 1.807) is 0 Å². The third kappa shape index (κ3) is 7.49. The molecule has 1 aliphatic heterocycles. The fourth-order valence-corrected chi connectivity index (χ4v) is 4.10. The Bertz CT molecular complexity index is 362. The van der Waals surface area contributed by atoms with Crippen molar-refractivity contribution in [2.75, 3.05) is 39.8 Å². The summed E-state index contributed by atoms with van der Waals surface area (Å²) in [6.45, 7) is 6.77. The normalized spacial score (nSPS) is 22.7. The molecular formula is C19H37N3O2. The zero-order valence-electron chi connectivity index (χ0n) is 15.7. The number of nitrogens with one attached hydrogen (secondary N) is 1. The molecule has 2 rings (SSSR count). The minimum atomic E-state index is -0.230. The smallest absolute Gasteiger partial charge is 0.221 e. The van der Waals surface area contributed by atoms with E-state index in [0.717, 1.165) is 51.5 Å². The molecule has 0 unspecified atom stereocenters. The molecule has 1 aliphatic carbocycles. The SMILES string of the molecule is C[C@@H](O)CN1CCC(CN(C)CCC(=O)NC2CCCCC2)CC1. The lowest BCUT2D eigenvalue weighted by atomic mass is 9.95. The molecule has 24 heavy (non-hydrogen) atoms. The Morgan fingerprint density at radius 3 is 2.50 bits per heavy atom. The van der Waals surface area contributed by atoms with Gasteiger partial charge in [0.05, 0.1) is 6.10 Å². The van der Waals surface area contributed by atoms with Crippen molar-refractivity contribution in [1.82, 2.24) is 15.1 Å². The van der Waals surface area contributed by atoms with Crippen LogP contribution in [0.4, 0.5) is 0 Å². The van der Waals surface area contributed by atoms with Crippen molar-refractivity contribution in [3.63, 3.8) is 0 Å². The number of aliphatic hydroxyl groups excluding tert-OH is 1. The molecule has 0 aromatic carbocycles. The summed E-state index contributed by atoms with van der Waals surface area (Å²) in [6, 6.07) is 0.426. The van der Waals surface area contributed by atoms with E-state index >= 15 is 0 Å². The highest BCUT2D eigenvalue weighted by atomic mass is 16.3. The first kappa shape index (κ1) is 19.7. The van der Waals surface area contributed by atoms with Gasteiger partial charge in [0.15, 0.2) is 0 Å². The number of carbonyl (C=O) groups excluding carboxylic acids is 1. The molecule has 0 spiro atoms. The monoisotopic (exact) mass is 339 g/mol. The average Bonchev–Trinajstić information content (AvgIpc) is 2.55. The van der Waals surface area contributed by atoms with E-state index < -0.39 is 0 Å².